The molecule has 2 aliphatic rings. The molecule has 1 aromatic carbocycles. The molecule has 2 saturated heterocycles. The van der Waals surface area contributed by atoms with Crippen LogP contribution in [0.15, 0.2) is 55.0 Å². The Bertz CT molecular complexity index is 1200. The lowest BCUT2D eigenvalue weighted by molar-refractivity contribution is 0.113. The van der Waals surface area contributed by atoms with Crippen molar-refractivity contribution in [3.63, 3.8) is 0 Å². The third kappa shape index (κ3) is 7.98. The fourth-order valence-electron chi connectivity index (χ4n) is 6.29. The van der Waals surface area contributed by atoms with E-state index in [1.165, 1.54) is 0 Å². The highest BCUT2D eigenvalue weighted by Crippen LogP contribution is 2.36. The van der Waals surface area contributed by atoms with Crippen LogP contribution in [0.4, 0.5) is 0 Å². The van der Waals surface area contributed by atoms with Crippen LogP contribution in [0.3, 0.4) is 0 Å². The zero-order chi connectivity index (χ0) is 30.8. The summed E-state index contributed by atoms with van der Waals surface area (Å²) in [6.07, 6.45) is 5.92. The van der Waals surface area contributed by atoms with Gasteiger partial charge >= 0.3 is 0 Å². The van der Waals surface area contributed by atoms with Gasteiger partial charge in [0.15, 0.2) is 0 Å². The molecule has 3 unspecified atom stereocenters. The van der Waals surface area contributed by atoms with Gasteiger partial charge in [-0.2, -0.15) is 10.4 Å². The molecule has 4 rings (SSSR count). The second-order valence-corrected chi connectivity index (χ2v) is 11.8. The first kappa shape index (κ1) is 33.3. The highest BCUT2D eigenvalue weighted by atomic mass is 16.5. The van der Waals surface area contributed by atoms with E-state index >= 15 is 0 Å². The van der Waals surface area contributed by atoms with Crippen molar-refractivity contribution < 1.29 is 4.74 Å². The number of likely N-dealkylation sites (tertiary alicyclic amines) is 2. The molecule has 3 heterocycles. The molecule has 7 heteroatoms. The molecule has 2 fully saturated rings. The predicted molar refractivity (Wildman–Crippen MR) is 174 cm³/mol. The number of aryl methyl sites for hydroxylation is 1. The Kier molecular flexibility index (Phi) is 12.5. The first-order chi connectivity index (χ1) is 20.2. The lowest BCUT2D eigenvalue weighted by Crippen LogP contribution is -2.37. The average Bonchev–Trinajstić information content (AvgIpc) is 3.66. The average molecular weight is 575 g/mol. The maximum atomic E-state index is 9.75. The van der Waals surface area contributed by atoms with Crippen molar-refractivity contribution in [2.45, 2.75) is 92.5 Å². The first-order valence-corrected chi connectivity index (χ1v) is 16.0. The van der Waals surface area contributed by atoms with E-state index in [1.807, 2.05) is 24.7 Å². The quantitative estimate of drug-likeness (QED) is 0.292. The molecule has 3 atom stereocenters. The van der Waals surface area contributed by atoms with Gasteiger partial charge < -0.3 is 19.9 Å². The van der Waals surface area contributed by atoms with Crippen LogP contribution in [0.1, 0.15) is 72.8 Å². The van der Waals surface area contributed by atoms with Gasteiger partial charge in [-0.05, 0) is 57.7 Å². The first-order valence-electron chi connectivity index (χ1n) is 16.0. The van der Waals surface area contributed by atoms with Crippen LogP contribution in [0.2, 0.25) is 0 Å². The van der Waals surface area contributed by atoms with Crippen molar-refractivity contribution >= 4 is 0 Å². The number of hydrogen-bond acceptors (Lipinski definition) is 6. The summed E-state index contributed by atoms with van der Waals surface area (Å²) in [4.78, 5) is 4.70. The molecule has 0 bridgehead atoms. The normalized spacial score (nSPS) is 20.0. The number of aromatic nitrogens is 2. The third-order valence-corrected chi connectivity index (χ3v) is 8.77. The van der Waals surface area contributed by atoms with Gasteiger partial charge in [0.25, 0.3) is 0 Å². The maximum absolute atomic E-state index is 9.75. The highest BCUT2D eigenvalue weighted by molar-refractivity contribution is 5.63. The van der Waals surface area contributed by atoms with Gasteiger partial charge in [0.05, 0.1) is 23.7 Å². The van der Waals surface area contributed by atoms with Gasteiger partial charge in [0.2, 0.25) is 0 Å². The number of nitriles is 1. The van der Waals surface area contributed by atoms with E-state index in [2.05, 4.69) is 98.5 Å². The molecule has 0 aliphatic carbocycles. The topological polar surface area (TPSA) is 69.3 Å². The Hall–Kier alpha value is -3.24. The molecular formula is C35H54N6O. The number of nitrogens with zero attached hydrogens (tertiary/aromatic N) is 5. The number of nitrogens with one attached hydrogen (secondary N) is 1. The van der Waals surface area contributed by atoms with Gasteiger partial charge in [0.1, 0.15) is 11.9 Å². The summed E-state index contributed by atoms with van der Waals surface area (Å²) in [6, 6.07) is 11.1. The maximum Gasteiger partial charge on any atom is 0.125 e. The van der Waals surface area contributed by atoms with Crippen LogP contribution in [-0.4, -0.2) is 58.4 Å². The van der Waals surface area contributed by atoms with Gasteiger partial charge in [-0.1, -0.05) is 59.9 Å². The van der Waals surface area contributed by atoms with Crippen LogP contribution in [0, 0.1) is 29.1 Å². The van der Waals surface area contributed by atoms with E-state index in [0.29, 0.717) is 24.9 Å². The van der Waals surface area contributed by atoms with E-state index in [1.54, 1.807) is 0 Å². The Morgan fingerprint density at radius 1 is 1.17 bits per heavy atom. The van der Waals surface area contributed by atoms with Crippen molar-refractivity contribution in [3.8, 4) is 23.1 Å². The Morgan fingerprint density at radius 2 is 1.88 bits per heavy atom. The second kappa shape index (κ2) is 15.8. The van der Waals surface area contributed by atoms with Crippen LogP contribution >= 0.6 is 0 Å². The second-order valence-electron chi connectivity index (χ2n) is 11.8. The summed E-state index contributed by atoms with van der Waals surface area (Å²) in [6.45, 7) is 26.0. The number of piperidine rings is 1. The summed E-state index contributed by atoms with van der Waals surface area (Å²) >= 11 is 0. The highest BCUT2D eigenvalue weighted by Gasteiger charge is 2.36. The molecule has 1 N–H and O–H groups in total. The summed E-state index contributed by atoms with van der Waals surface area (Å²) in [5.74, 6) is 1.80. The molecule has 0 spiro atoms. The summed E-state index contributed by atoms with van der Waals surface area (Å²) in [5.41, 5.74) is 5.39. The fraction of sp³-hybridized carbons (Fsp3) is 0.600. The minimum Gasteiger partial charge on any atom is -0.490 e. The molecule has 230 valence electrons. The standard InChI is InChI=1S/C33H48N6O.C2H6/c1-8-30(23(3)4)25(6)38-22-26(20-34)18-32(38)24(5)35-21-28-11-10-27(31-12-15-36-39(31)9-2)19-33(28)40-29-13-16-37(7)17-14-29;1-2/h10-12,15,19,23,26,29-30,32,35H,5-6,8-9,13-14,16-18,21-22H2,1-4,7H3;1-2H3. The molecule has 42 heavy (non-hydrogen) atoms. The number of ether oxygens (including phenoxy) is 1. The van der Waals surface area contributed by atoms with E-state index in [4.69, 9.17) is 4.74 Å². The molecule has 0 amide bonds. The number of benzene rings is 1. The summed E-state index contributed by atoms with van der Waals surface area (Å²) in [7, 11) is 2.17. The monoisotopic (exact) mass is 574 g/mol. The van der Waals surface area contributed by atoms with Gasteiger partial charge in [-0.3, -0.25) is 4.68 Å². The van der Waals surface area contributed by atoms with E-state index < -0.39 is 0 Å². The Labute approximate surface area is 255 Å². The smallest absolute Gasteiger partial charge is 0.125 e. The lowest BCUT2D eigenvalue weighted by atomic mass is 9.89. The number of allylic oxidation sites excluding steroid dienone is 1. The van der Waals surface area contributed by atoms with Gasteiger partial charge in [-0.15, -0.1) is 0 Å². The third-order valence-electron chi connectivity index (χ3n) is 8.77. The summed E-state index contributed by atoms with van der Waals surface area (Å²) < 4.78 is 8.69. The summed E-state index contributed by atoms with van der Waals surface area (Å²) in [5, 5.41) is 17.8. The molecule has 0 saturated carbocycles. The molecule has 2 aliphatic heterocycles. The zero-order valence-electron chi connectivity index (χ0n) is 27.2. The van der Waals surface area contributed by atoms with Crippen molar-refractivity contribution in [1.29, 1.82) is 5.26 Å². The van der Waals surface area contributed by atoms with Crippen molar-refractivity contribution in [1.82, 2.24) is 24.9 Å². The van der Waals surface area contributed by atoms with Crippen molar-refractivity contribution in [3.05, 3.63) is 60.6 Å². The van der Waals surface area contributed by atoms with Crippen LogP contribution in [0.5, 0.6) is 5.75 Å². The van der Waals surface area contributed by atoms with Crippen LogP contribution in [0.25, 0.3) is 11.3 Å². The minimum atomic E-state index is -0.0176. The van der Waals surface area contributed by atoms with E-state index in [-0.39, 0.29) is 18.1 Å². The Morgan fingerprint density at radius 3 is 2.50 bits per heavy atom. The van der Waals surface area contributed by atoms with Gasteiger partial charge in [0, 0.05) is 67.4 Å². The lowest BCUT2D eigenvalue weighted by Gasteiger charge is -2.35. The molecule has 1 aromatic heterocycles. The SMILES string of the molecule is C=C(NCc1ccc(-c2ccnn2CC)cc1OC1CCN(C)CC1)C1CC(C#N)CN1C(=C)C(CC)C(C)C.CC. The van der Waals surface area contributed by atoms with Gasteiger partial charge in [-0.25, -0.2) is 0 Å². The van der Waals surface area contributed by atoms with Crippen molar-refractivity contribution in [2.75, 3.05) is 26.7 Å². The number of rotatable bonds is 12. The predicted octanol–water partition coefficient (Wildman–Crippen LogP) is 7.08. The van der Waals surface area contributed by atoms with Crippen molar-refractivity contribution in [2.24, 2.45) is 17.8 Å². The molecule has 0 radical (unpaired) electrons. The largest absolute Gasteiger partial charge is 0.490 e. The Balaban J connectivity index is 0.00000237. The zero-order valence-corrected chi connectivity index (χ0v) is 27.2. The van der Waals surface area contributed by atoms with E-state index in [0.717, 1.165) is 79.3 Å². The van der Waals surface area contributed by atoms with E-state index in [9.17, 15) is 5.26 Å². The number of hydrogen-bond donors (Lipinski definition) is 1. The van der Waals surface area contributed by atoms with Crippen LogP contribution < -0.4 is 10.1 Å². The molecule has 7 nitrogen and oxygen atoms in total. The minimum absolute atomic E-state index is 0.0176. The van der Waals surface area contributed by atoms with Crippen LogP contribution in [-0.2, 0) is 13.1 Å². The molecule has 2 aromatic rings. The molecular weight excluding hydrogens is 520 g/mol. The fourth-order valence-corrected chi connectivity index (χ4v) is 6.29.